The van der Waals surface area contributed by atoms with E-state index in [-0.39, 0.29) is 21.6 Å². The van der Waals surface area contributed by atoms with Crippen molar-refractivity contribution >= 4 is 63.7 Å². The van der Waals surface area contributed by atoms with Crippen LogP contribution < -0.4 is 9.44 Å². The Kier molecular flexibility index (Phi) is 8.64. The van der Waals surface area contributed by atoms with Crippen LogP contribution in [0.2, 0.25) is 0 Å². The Morgan fingerprint density at radius 2 is 0.917 bits per heavy atom. The van der Waals surface area contributed by atoms with Gasteiger partial charge in [0.1, 0.15) is 8.95 Å². The third kappa shape index (κ3) is 6.75. The number of benzene rings is 2. The molecular weight excluding hydrogens is 640 g/mol. The van der Waals surface area contributed by atoms with Gasteiger partial charge >= 0.3 is 0 Å². The van der Waals surface area contributed by atoms with Crippen LogP contribution in [0.3, 0.4) is 0 Å². The van der Waals surface area contributed by atoms with Gasteiger partial charge in [0, 0.05) is 0 Å². The molecule has 0 fully saturated rings. The molecule has 10 nitrogen and oxygen atoms in total. The number of anilines is 2. The monoisotopic (exact) mass is 660 g/mol. The zero-order valence-electron chi connectivity index (χ0n) is 19.5. The van der Waals surface area contributed by atoms with Crippen LogP contribution in [0.4, 0.5) is 11.8 Å². The average Bonchev–Trinajstić information content (AvgIpc) is 3.30. The summed E-state index contributed by atoms with van der Waals surface area (Å²) >= 11 is 6.41. The number of halogens is 2. The second-order valence-electron chi connectivity index (χ2n) is 7.66. The van der Waals surface area contributed by atoms with Gasteiger partial charge in [-0.3, -0.25) is 0 Å². The molecule has 0 saturated heterocycles. The second-order valence-corrected chi connectivity index (χ2v) is 12.6. The van der Waals surface area contributed by atoms with E-state index >= 15 is 0 Å². The zero-order valence-corrected chi connectivity index (χ0v) is 24.3. The minimum Gasteiger partial charge on any atom is -0.336 e. The lowest BCUT2D eigenvalue weighted by molar-refractivity contribution is 0.430. The molecule has 4 aromatic rings. The van der Waals surface area contributed by atoms with Gasteiger partial charge in [0.25, 0.3) is 31.8 Å². The number of hydrogen-bond donors (Lipinski definition) is 2. The first kappa shape index (κ1) is 27.9. The van der Waals surface area contributed by atoms with E-state index in [1.807, 2.05) is 13.8 Å². The quantitative estimate of drug-likeness (QED) is 0.267. The summed E-state index contributed by atoms with van der Waals surface area (Å²) in [5, 5.41) is 7.32. The third-order valence-corrected chi connectivity index (χ3v) is 9.26. The molecule has 0 spiro atoms. The SMILES string of the molecule is Cc1ccc(S(=O)(=O)Nc2onc(C)c2Br)cc1.Cc1ccc(S(=O)(=O)Nc2onc(C)c2Br)cc1. The van der Waals surface area contributed by atoms with Gasteiger partial charge < -0.3 is 9.05 Å². The fourth-order valence-corrected chi connectivity index (χ4v) is 5.38. The van der Waals surface area contributed by atoms with Crippen molar-refractivity contribution in [1.82, 2.24) is 10.3 Å². The lowest BCUT2D eigenvalue weighted by Crippen LogP contribution is -2.12. The highest BCUT2D eigenvalue weighted by Crippen LogP contribution is 2.28. The first-order chi connectivity index (χ1) is 16.8. The highest BCUT2D eigenvalue weighted by Gasteiger charge is 2.20. The van der Waals surface area contributed by atoms with Crippen LogP contribution in [-0.4, -0.2) is 27.1 Å². The van der Waals surface area contributed by atoms with E-state index in [4.69, 9.17) is 9.05 Å². The molecule has 0 aliphatic heterocycles. The molecule has 14 heteroatoms. The van der Waals surface area contributed by atoms with Gasteiger partial charge in [0.2, 0.25) is 0 Å². The van der Waals surface area contributed by atoms with E-state index in [1.165, 1.54) is 24.3 Å². The van der Waals surface area contributed by atoms with Crippen LogP contribution in [0.25, 0.3) is 0 Å². The summed E-state index contributed by atoms with van der Waals surface area (Å²) in [4.78, 5) is 0.350. The smallest absolute Gasteiger partial charge is 0.264 e. The third-order valence-electron chi connectivity index (χ3n) is 4.70. The average molecular weight is 662 g/mol. The summed E-state index contributed by atoms with van der Waals surface area (Å²) < 4.78 is 63.7. The van der Waals surface area contributed by atoms with E-state index < -0.39 is 20.0 Å². The normalized spacial score (nSPS) is 11.5. The van der Waals surface area contributed by atoms with Gasteiger partial charge in [0.15, 0.2) is 0 Å². The molecule has 0 amide bonds. The lowest BCUT2D eigenvalue weighted by atomic mass is 10.2. The van der Waals surface area contributed by atoms with Crippen LogP contribution in [0, 0.1) is 27.7 Å². The molecule has 0 saturated carbocycles. The summed E-state index contributed by atoms with van der Waals surface area (Å²) in [6.45, 7) is 7.19. The number of aryl methyl sites for hydroxylation is 4. The number of sulfonamides is 2. The van der Waals surface area contributed by atoms with Crippen LogP contribution >= 0.6 is 31.9 Å². The Balaban J connectivity index is 0.000000201. The Morgan fingerprint density at radius 1 is 0.611 bits per heavy atom. The van der Waals surface area contributed by atoms with Gasteiger partial charge in [-0.25, -0.2) is 26.3 Å². The predicted octanol–water partition coefficient (Wildman–Crippen LogP) is 5.71. The molecule has 0 aliphatic carbocycles. The van der Waals surface area contributed by atoms with Crippen molar-refractivity contribution in [1.29, 1.82) is 0 Å². The number of nitrogens with zero attached hydrogens (tertiary/aromatic N) is 2. The van der Waals surface area contributed by atoms with E-state index in [0.717, 1.165) is 11.1 Å². The predicted molar refractivity (Wildman–Crippen MR) is 142 cm³/mol. The zero-order chi connectivity index (χ0) is 26.7. The highest BCUT2D eigenvalue weighted by molar-refractivity contribution is 9.11. The Labute approximate surface area is 225 Å². The number of rotatable bonds is 6. The van der Waals surface area contributed by atoms with E-state index in [2.05, 4.69) is 51.6 Å². The molecule has 2 aromatic carbocycles. The minimum atomic E-state index is -3.65. The second kappa shape index (κ2) is 11.2. The Hall–Kier alpha value is -2.68. The van der Waals surface area contributed by atoms with Gasteiger partial charge in [0.05, 0.1) is 21.2 Å². The van der Waals surface area contributed by atoms with Crippen molar-refractivity contribution in [2.24, 2.45) is 0 Å². The van der Waals surface area contributed by atoms with Crippen molar-refractivity contribution in [2.75, 3.05) is 9.44 Å². The van der Waals surface area contributed by atoms with E-state index in [0.29, 0.717) is 20.3 Å². The maximum Gasteiger partial charge on any atom is 0.264 e. The summed E-state index contributed by atoms with van der Waals surface area (Å²) in [5.74, 6) is 0.154. The largest absolute Gasteiger partial charge is 0.336 e. The maximum atomic E-state index is 12.1. The van der Waals surface area contributed by atoms with Crippen LogP contribution in [0.15, 0.2) is 76.3 Å². The number of hydrogen-bond acceptors (Lipinski definition) is 8. The highest BCUT2D eigenvalue weighted by atomic mass is 79.9. The fraction of sp³-hybridized carbons (Fsp3) is 0.182. The summed E-state index contributed by atoms with van der Waals surface area (Å²) in [6.07, 6.45) is 0. The molecule has 0 unspecified atom stereocenters. The molecule has 0 aliphatic rings. The molecule has 0 bridgehead atoms. The summed E-state index contributed by atoms with van der Waals surface area (Å²) in [6, 6.07) is 13.1. The van der Waals surface area contributed by atoms with Gasteiger partial charge in [-0.2, -0.15) is 0 Å². The lowest BCUT2D eigenvalue weighted by Gasteiger charge is -2.05. The molecule has 2 heterocycles. The van der Waals surface area contributed by atoms with E-state index in [1.54, 1.807) is 38.1 Å². The molecule has 2 aromatic heterocycles. The fourth-order valence-electron chi connectivity index (χ4n) is 2.64. The van der Waals surface area contributed by atoms with Crippen molar-refractivity contribution in [3.63, 3.8) is 0 Å². The Morgan fingerprint density at radius 3 is 1.17 bits per heavy atom. The minimum absolute atomic E-state index is 0.0769. The van der Waals surface area contributed by atoms with Crippen LogP contribution in [-0.2, 0) is 20.0 Å². The standard InChI is InChI=1S/2C11H11BrN2O3S/c2*1-7-3-5-9(6-4-7)18(15,16)14-11-10(12)8(2)13-17-11/h2*3-6,14H,1-2H3. The number of nitrogens with one attached hydrogen (secondary N) is 2. The molecule has 0 atom stereocenters. The number of aromatic nitrogens is 2. The Bertz CT molecular complexity index is 1440. The van der Waals surface area contributed by atoms with E-state index in [9.17, 15) is 16.8 Å². The molecule has 36 heavy (non-hydrogen) atoms. The topological polar surface area (TPSA) is 144 Å². The summed E-state index contributed by atoms with van der Waals surface area (Å²) in [5.41, 5.74) is 3.14. The molecule has 0 radical (unpaired) electrons. The molecule has 2 N–H and O–H groups in total. The van der Waals surface area contributed by atoms with Gasteiger partial charge in [-0.05, 0) is 83.8 Å². The molecule has 192 valence electrons. The van der Waals surface area contributed by atoms with Crippen molar-refractivity contribution < 1.29 is 25.9 Å². The first-order valence-corrected chi connectivity index (χ1v) is 14.8. The van der Waals surface area contributed by atoms with Crippen molar-refractivity contribution in [3.8, 4) is 0 Å². The van der Waals surface area contributed by atoms with Gasteiger partial charge in [-0.15, -0.1) is 0 Å². The molecular formula is C22H22Br2N4O6S2. The summed E-state index contributed by atoms with van der Waals surface area (Å²) in [7, 11) is -7.31. The maximum absolute atomic E-state index is 12.1. The van der Waals surface area contributed by atoms with Crippen molar-refractivity contribution in [2.45, 2.75) is 37.5 Å². The first-order valence-electron chi connectivity index (χ1n) is 10.2. The molecule has 4 rings (SSSR count). The van der Waals surface area contributed by atoms with Gasteiger partial charge in [-0.1, -0.05) is 45.7 Å². The van der Waals surface area contributed by atoms with Crippen molar-refractivity contribution in [3.05, 3.63) is 80.0 Å². The van der Waals surface area contributed by atoms with Crippen LogP contribution in [0.1, 0.15) is 22.5 Å². The van der Waals surface area contributed by atoms with Crippen LogP contribution in [0.5, 0.6) is 0 Å².